The highest BCUT2D eigenvalue weighted by atomic mass is 35.5. The van der Waals surface area contributed by atoms with Crippen molar-refractivity contribution in [3.05, 3.63) is 262 Å². The summed E-state index contributed by atoms with van der Waals surface area (Å²) in [6.07, 6.45) is 0. The number of aliphatic hydroxyl groups is 1. The van der Waals surface area contributed by atoms with Gasteiger partial charge >= 0.3 is 0 Å². The van der Waals surface area contributed by atoms with Gasteiger partial charge in [-0.25, -0.2) is 18.7 Å². The second-order valence-corrected chi connectivity index (χ2v) is 21.8. The minimum Gasteiger partial charge on any atom is -0.497 e. The Bertz CT molecular complexity index is 3800. The van der Waals surface area contributed by atoms with E-state index in [4.69, 9.17) is 69.4 Å². The van der Waals surface area contributed by atoms with Crippen molar-refractivity contribution < 1.29 is 61.4 Å². The van der Waals surface area contributed by atoms with Gasteiger partial charge in [-0.15, -0.1) is 11.6 Å². The number of carbonyl (C=O) groups is 2. The molecule has 1 N–H and O–H groups in total. The predicted molar refractivity (Wildman–Crippen MR) is 354 cm³/mol. The molecule has 17 nitrogen and oxygen atoms in total. The van der Waals surface area contributed by atoms with Gasteiger partial charge in [0, 0.05) is 43.2 Å². The van der Waals surface area contributed by atoms with E-state index in [0.29, 0.717) is 39.8 Å². The van der Waals surface area contributed by atoms with E-state index in [1.165, 1.54) is 29.2 Å². The third-order valence-electron chi connectivity index (χ3n) is 14.7. The Morgan fingerprint density at radius 3 is 1.00 bits per heavy atom. The van der Waals surface area contributed by atoms with Crippen molar-refractivity contribution in [1.29, 1.82) is 0 Å². The zero-order chi connectivity index (χ0) is 66.3. The first-order chi connectivity index (χ1) is 45.7. The maximum Gasteiger partial charge on any atom is 0.277 e. The molecule has 2 heterocycles. The Morgan fingerprint density at radius 2 is 0.702 bits per heavy atom. The Kier molecular flexibility index (Phi) is 24.2. The summed E-state index contributed by atoms with van der Waals surface area (Å²) in [5.41, 5.74) is 8.21. The van der Waals surface area contributed by atoms with Gasteiger partial charge in [0.2, 0.25) is 11.5 Å². The summed E-state index contributed by atoms with van der Waals surface area (Å²) in [6.45, 7) is 4.59. The zero-order valence-electron chi connectivity index (χ0n) is 52.9. The molecule has 484 valence electrons. The first-order valence-electron chi connectivity index (χ1n) is 30.0. The monoisotopic (exact) mass is 1290 g/mol. The van der Waals surface area contributed by atoms with Gasteiger partial charge in [-0.2, -0.15) is 9.97 Å². The molecule has 0 aliphatic carbocycles. The van der Waals surface area contributed by atoms with E-state index in [1.54, 1.807) is 57.6 Å². The number of methoxy groups -OCH3 is 4. The molecule has 0 saturated carbocycles. The lowest BCUT2D eigenvalue weighted by Gasteiger charge is -2.24. The van der Waals surface area contributed by atoms with Crippen LogP contribution in [-0.4, -0.2) is 101 Å². The lowest BCUT2D eigenvalue weighted by atomic mass is 10.1. The van der Waals surface area contributed by atoms with E-state index in [2.05, 4.69) is 0 Å². The first-order valence-corrected chi connectivity index (χ1v) is 30.5. The van der Waals surface area contributed by atoms with E-state index in [-0.39, 0.29) is 117 Å². The van der Waals surface area contributed by atoms with Gasteiger partial charge in [-0.1, -0.05) is 132 Å². The van der Waals surface area contributed by atoms with Gasteiger partial charge in [-0.3, -0.25) is 9.59 Å². The molecule has 0 saturated heterocycles. The molecule has 0 aliphatic rings. The first kappa shape index (κ1) is 67.8. The topological polar surface area (TPSA) is 186 Å². The fraction of sp³-hybridized carbons (Fsp3) is 0.216. The number of hydrogen-bond donors (Lipinski definition) is 1. The van der Waals surface area contributed by atoms with Crippen molar-refractivity contribution in [2.24, 2.45) is 0 Å². The number of hydrogen-bond acceptors (Lipinski definition) is 15. The Balaban J connectivity index is 0.000000221. The number of aromatic nitrogens is 4. The molecule has 8 aromatic carbocycles. The molecule has 94 heavy (non-hydrogen) atoms. The number of carbonyl (C=O) groups excluding carboxylic acids is 2. The number of alkyl halides is 1. The molecular formula is C74H71ClF2N6O11. The van der Waals surface area contributed by atoms with Crippen molar-refractivity contribution in [2.75, 3.05) is 54.0 Å². The quantitative estimate of drug-likeness (QED) is 0.0456. The molecule has 10 rings (SSSR count). The Morgan fingerprint density at radius 1 is 0.404 bits per heavy atom. The number of ether oxygens (including phenoxy) is 8. The van der Waals surface area contributed by atoms with Crippen molar-refractivity contribution in [3.63, 3.8) is 0 Å². The number of aryl methyl sites for hydroxylation is 2. The van der Waals surface area contributed by atoms with Crippen LogP contribution in [0.2, 0.25) is 0 Å². The van der Waals surface area contributed by atoms with Crippen LogP contribution in [0.1, 0.15) is 65.5 Å². The van der Waals surface area contributed by atoms with Crippen LogP contribution < -0.4 is 37.9 Å². The minimum absolute atomic E-state index is 0.0000360. The van der Waals surface area contributed by atoms with E-state index in [0.717, 1.165) is 44.7 Å². The summed E-state index contributed by atoms with van der Waals surface area (Å²) < 4.78 is 73.6. The van der Waals surface area contributed by atoms with E-state index < -0.39 is 11.8 Å². The Labute approximate surface area is 550 Å². The maximum atomic E-state index is 14.4. The van der Waals surface area contributed by atoms with Crippen LogP contribution in [0.3, 0.4) is 0 Å². The summed E-state index contributed by atoms with van der Waals surface area (Å²) in [5.74, 6) is 2.17. The number of nitrogens with zero attached hydrogens (tertiary/aromatic N) is 6. The van der Waals surface area contributed by atoms with Gasteiger partial charge in [0.15, 0.2) is 23.0 Å². The smallest absolute Gasteiger partial charge is 0.277 e. The molecule has 10 aromatic rings. The van der Waals surface area contributed by atoms with Gasteiger partial charge in [0.05, 0.1) is 35.0 Å². The molecule has 0 unspecified atom stereocenters. The summed E-state index contributed by atoms with van der Waals surface area (Å²) in [7, 11) is 6.39. The lowest BCUT2D eigenvalue weighted by molar-refractivity contribution is 0.0693. The molecule has 0 radical (unpaired) electrons. The van der Waals surface area contributed by atoms with Gasteiger partial charge in [-0.05, 0) is 120 Å². The summed E-state index contributed by atoms with van der Waals surface area (Å²) >= 11 is 6.18. The second-order valence-electron chi connectivity index (χ2n) is 21.5. The molecule has 2 aromatic heterocycles. The van der Waals surface area contributed by atoms with Gasteiger partial charge in [0.25, 0.3) is 23.6 Å². The number of rotatable bonds is 28. The van der Waals surface area contributed by atoms with Crippen molar-refractivity contribution in [2.45, 2.75) is 53.4 Å². The van der Waals surface area contributed by atoms with Crippen molar-refractivity contribution >= 4 is 23.4 Å². The number of aliphatic hydroxyl groups excluding tert-OH is 1. The largest absolute Gasteiger partial charge is 0.497 e. The molecule has 0 aliphatic heterocycles. The number of amides is 2. The fourth-order valence-corrected chi connectivity index (χ4v) is 9.62. The predicted octanol–water partition coefficient (Wildman–Crippen LogP) is 14.0. The van der Waals surface area contributed by atoms with E-state index in [9.17, 15) is 23.5 Å². The maximum absolute atomic E-state index is 14.4. The summed E-state index contributed by atoms with van der Waals surface area (Å²) in [5, 5.41) is 9.92. The molecule has 0 atom stereocenters. The molecular weight excluding hydrogens is 1220 g/mol. The average molecular weight is 1290 g/mol. The van der Waals surface area contributed by atoms with Crippen LogP contribution in [0.25, 0.3) is 22.8 Å². The van der Waals surface area contributed by atoms with Crippen LogP contribution in [0.5, 0.6) is 46.3 Å². The molecule has 20 heteroatoms. The number of benzene rings is 8. The Hall–Kier alpha value is -10.6. The third kappa shape index (κ3) is 18.8. The van der Waals surface area contributed by atoms with Crippen LogP contribution in [-0.2, 0) is 39.5 Å². The summed E-state index contributed by atoms with van der Waals surface area (Å²) in [4.78, 5) is 50.7. The number of halogens is 3. The highest BCUT2D eigenvalue weighted by Crippen LogP contribution is 2.37. The molecule has 0 fully saturated rings. The average Bonchev–Trinajstić information content (AvgIpc) is 0.810. The molecule has 0 spiro atoms. The SMILES string of the molecule is COc1ccc(COc2nc(-c3ccc(C)cc3)nc(C(=O)N(CCCl)Cc3ccc(F)cc3)c2OCc2ccc(OC)cc2)cc1.COc1ccc(COc2nc(-c3ccc(C)cc3)nc(C(=O)N(CCO)Cc3ccc(F)cc3)c2OCc2ccc(OC)cc2)cc1. The van der Waals surface area contributed by atoms with E-state index in [1.807, 2.05) is 159 Å². The molecule has 0 bridgehead atoms. The summed E-state index contributed by atoms with van der Waals surface area (Å²) in [6, 6.07) is 56.6. The highest BCUT2D eigenvalue weighted by molar-refractivity contribution is 6.18. The minimum atomic E-state index is -0.516. The molecule has 2 amide bonds. The normalized spacial score (nSPS) is 10.7. The second kappa shape index (κ2) is 33.6. The zero-order valence-corrected chi connectivity index (χ0v) is 53.6. The van der Waals surface area contributed by atoms with Gasteiger partial charge < -0.3 is 52.8 Å². The van der Waals surface area contributed by atoms with Gasteiger partial charge in [0.1, 0.15) is 61.1 Å². The van der Waals surface area contributed by atoms with Crippen LogP contribution in [0.4, 0.5) is 8.78 Å². The standard InChI is InChI=1S/C37H35ClFN3O5.C37H36FN3O6/c1-25-4-12-29(13-5-25)35-40-33(37(43)42(21-20-38)22-26-6-14-30(39)15-7-26)34(46-23-27-8-16-31(44-2)17-9-27)36(41-35)47-24-28-10-18-32(45-3)19-11-28;1-25-4-12-29(13-5-25)35-39-33(37(43)41(20-21-42)22-26-6-14-30(38)15-7-26)34(46-23-27-8-16-31(44-2)17-9-27)36(40-35)47-24-28-10-18-32(45-3)19-11-28/h4-19H,20-24H2,1-3H3;4-19,42H,20-24H2,1-3H3. The van der Waals surface area contributed by atoms with Crippen molar-refractivity contribution in [1.82, 2.24) is 29.7 Å². The van der Waals surface area contributed by atoms with Crippen molar-refractivity contribution in [3.8, 4) is 69.0 Å². The highest BCUT2D eigenvalue weighted by Gasteiger charge is 2.30. The lowest BCUT2D eigenvalue weighted by Crippen LogP contribution is -2.34. The fourth-order valence-electron chi connectivity index (χ4n) is 9.42. The third-order valence-corrected chi connectivity index (χ3v) is 14.9. The van der Waals surface area contributed by atoms with Crippen LogP contribution in [0.15, 0.2) is 194 Å². The van der Waals surface area contributed by atoms with Crippen LogP contribution >= 0.6 is 11.6 Å². The van der Waals surface area contributed by atoms with Crippen LogP contribution in [0, 0.1) is 25.5 Å². The van der Waals surface area contributed by atoms with E-state index >= 15 is 0 Å².